The number of rotatable bonds is 3. The molecule has 0 aliphatic carbocycles. The SMILES string of the molecule is Cc1cc(C2CCCN2Cc2nc3cc(Cl)ccc3c(=O)[nH]2)on1. The third-order valence-corrected chi connectivity index (χ3v) is 4.64. The summed E-state index contributed by atoms with van der Waals surface area (Å²) < 4.78 is 5.42. The summed E-state index contributed by atoms with van der Waals surface area (Å²) in [6, 6.07) is 7.26. The molecule has 1 aromatic carbocycles. The van der Waals surface area contributed by atoms with E-state index in [0.29, 0.717) is 28.3 Å². The molecule has 3 aromatic rings. The number of hydrogen-bond donors (Lipinski definition) is 1. The molecule has 1 aliphatic heterocycles. The van der Waals surface area contributed by atoms with E-state index in [-0.39, 0.29) is 11.6 Å². The van der Waals surface area contributed by atoms with Crippen LogP contribution in [-0.4, -0.2) is 26.6 Å². The van der Waals surface area contributed by atoms with Crippen LogP contribution in [0.1, 0.15) is 36.2 Å². The molecule has 0 spiro atoms. The van der Waals surface area contributed by atoms with Crippen molar-refractivity contribution in [2.75, 3.05) is 6.54 Å². The Hall–Kier alpha value is -2.18. The number of H-pyrrole nitrogens is 1. The molecule has 1 unspecified atom stereocenters. The van der Waals surface area contributed by atoms with Crippen molar-refractivity contribution in [1.82, 2.24) is 20.0 Å². The number of halogens is 1. The topological polar surface area (TPSA) is 75.0 Å². The van der Waals surface area contributed by atoms with Gasteiger partial charge in [0, 0.05) is 11.1 Å². The van der Waals surface area contributed by atoms with E-state index in [9.17, 15) is 4.79 Å². The maximum Gasteiger partial charge on any atom is 0.258 e. The molecule has 3 heterocycles. The Balaban J connectivity index is 1.64. The average molecular weight is 345 g/mol. The fourth-order valence-electron chi connectivity index (χ4n) is 3.31. The average Bonchev–Trinajstić information content (AvgIpc) is 3.15. The van der Waals surface area contributed by atoms with E-state index in [1.54, 1.807) is 18.2 Å². The van der Waals surface area contributed by atoms with Crippen LogP contribution in [0.25, 0.3) is 10.9 Å². The predicted octanol–water partition coefficient (Wildman–Crippen LogP) is 3.21. The minimum absolute atomic E-state index is 0.141. The second-order valence-electron chi connectivity index (χ2n) is 6.17. The van der Waals surface area contributed by atoms with Crippen LogP contribution in [0.4, 0.5) is 0 Å². The zero-order valence-electron chi connectivity index (χ0n) is 13.3. The van der Waals surface area contributed by atoms with Gasteiger partial charge in [0.05, 0.1) is 29.2 Å². The first-order chi connectivity index (χ1) is 11.6. The van der Waals surface area contributed by atoms with Gasteiger partial charge in [0.25, 0.3) is 5.56 Å². The molecule has 1 saturated heterocycles. The normalized spacial score (nSPS) is 18.5. The second kappa shape index (κ2) is 6.03. The van der Waals surface area contributed by atoms with Gasteiger partial charge in [-0.05, 0) is 44.5 Å². The summed E-state index contributed by atoms with van der Waals surface area (Å²) in [5.74, 6) is 1.51. The molecule has 7 heteroatoms. The summed E-state index contributed by atoms with van der Waals surface area (Å²) in [6.45, 7) is 3.40. The third-order valence-electron chi connectivity index (χ3n) is 4.41. The van der Waals surface area contributed by atoms with E-state index in [4.69, 9.17) is 16.1 Å². The molecule has 4 rings (SSSR count). The molecule has 0 saturated carbocycles. The molecule has 124 valence electrons. The minimum Gasteiger partial charge on any atom is -0.359 e. The Morgan fingerprint density at radius 2 is 2.29 bits per heavy atom. The first-order valence-electron chi connectivity index (χ1n) is 7.96. The Labute approximate surface area is 143 Å². The van der Waals surface area contributed by atoms with Crippen LogP contribution in [0.2, 0.25) is 5.02 Å². The van der Waals surface area contributed by atoms with E-state index in [2.05, 4.69) is 20.0 Å². The number of aryl methyl sites for hydroxylation is 1. The van der Waals surface area contributed by atoms with Gasteiger partial charge in [0.1, 0.15) is 5.82 Å². The fraction of sp³-hybridized carbons (Fsp3) is 0.353. The molecule has 0 bridgehead atoms. The van der Waals surface area contributed by atoms with Crippen molar-refractivity contribution in [2.45, 2.75) is 32.4 Å². The second-order valence-corrected chi connectivity index (χ2v) is 6.61. The number of aromatic nitrogens is 3. The molecule has 1 fully saturated rings. The third kappa shape index (κ3) is 2.83. The maximum absolute atomic E-state index is 12.3. The highest BCUT2D eigenvalue weighted by Crippen LogP contribution is 2.33. The highest BCUT2D eigenvalue weighted by molar-refractivity contribution is 6.31. The fourth-order valence-corrected chi connectivity index (χ4v) is 3.47. The Bertz CT molecular complexity index is 949. The van der Waals surface area contributed by atoms with Crippen LogP contribution in [-0.2, 0) is 6.54 Å². The van der Waals surface area contributed by atoms with Crippen LogP contribution < -0.4 is 5.56 Å². The molecule has 1 atom stereocenters. The Kier molecular flexibility index (Phi) is 3.86. The maximum atomic E-state index is 12.3. The largest absolute Gasteiger partial charge is 0.359 e. The number of nitrogens with zero attached hydrogens (tertiary/aromatic N) is 3. The standard InChI is InChI=1S/C17H17ClN4O2/c1-10-7-15(24-21-10)14-3-2-6-22(14)9-16-19-13-8-11(18)4-5-12(13)17(23)20-16/h4-5,7-8,14H,2-3,6,9H2,1H3,(H,19,20,23). The lowest BCUT2D eigenvalue weighted by Crippen LogP contribution is -2.25. The van der Waals surface area contributed by atoms with Crippen LogP contribution >= 0.6 is 11.6 Å². The van der Waals surface area contributed by atoms with Crippen molar-refractivity contribution in [1.29, 1.82) is 0 Å². The summed E-state index contributed by atoms with van der Waals surface area (Å²) in [7, 11) is 0. The van der Waals surface area contributed by atoms with Gasteiger partial charge in [-0.2, -0.15) is 0 Å². The molecule has 0 amide bonds. The van der Waals surface area contributed by atoms with E-state index in [1.807, 2.05) is 13.0 Å². The van der Waals surface area contributed by atoms with E-state index < -0.39 is 0 Å². The Morgan fingerprint density at radius 1 is 1.42 bits per heavy atom. The number of fused-ring (bicyclic) bond motifs is 1. The highest BCUT2D eigenvalue weighted by Gasteiger charge is 2.29. The number of nitrogens with one attached hydrogen (secondary N) is 1. The van der Waals surface area contributed by atoms with Gasteiger partial charge in [-0.25, -0.2) is 4.98 Å². The van der Waals surface area contributed by atoms with E-state index in [0.717, 1.165) is 30.8 Å². The lowest BCUT2D eigenvalue weighted by Gasteiger charge is -2.21. The quantitative estimate of drug-likeness (QED) is 0.789. The molecular weight excluding hydrogens is 328 g/mol. The van der Waals surface area contributed by atoms with E-state index >= 15 is 0 Å². The molecular formula is C17H17ClN4O2. The van der Waals surface area contributed by atoms with Gasteiger partial charge < -0.3 is 9.51 Å². The molecule has 2 aromatic heterocycles. The Morgan fingerprint density at radius 3 is 3.08 bits per heavy atom. The monoisotopic (exact) mass is 344 g/mol. The molecule has 24 heavy (non-hydrogen) atoms. The highest BCUT2D eigenvalue weighted by atomic mass is 35.5. The van der Waals surface area contributed by atoms with Crippen molar-refractivity contribution in [3.05, 3.63) is 56.9 Å². The summed E-state index contributed by atoms with van der Waals surface area (Å²) in [5, 5.41) is 5.10. The van der Waals surface area contributed by atoms with Gasteiger partial charge in [0.2, 0.25) is 0 Å². The van der Waals surface area contributed by atoms with Gasteiger partial charge >= 0.3 is 0 Å². The van der Waals surface area contributed by atoms with Gasteiger partial charge in [-0.3, -0.25) is 9.69 Å². The van der Waals surface area contributed by atoms with Crippen molar-refractivity contribution < 1.29 is 4.52 Å². The number of hydrogen-bond acceptors (Lipinski definition) is 5. The number of benzene rings is 1. The number of aromatic amines is 1. The van der Waals surface area contributed by atoms with Crippen molar-refractivity contribution in [3.8, 4) is 0 Å². The van der Waals surface area contributed by atoms with E-state index in [1.165, 1.54) is 0 Å². The van der Waals surface area contributed by atoms with Crippen LogP contribution in [0, 0.1) is 6.92 Å². The van der Waals surface area contributed by atoms with Crippen molar-refractivity contribution >= 4 is 22.5 Å². The smallest absolute Gasteiger partial charge is 0.258 e. The zero-order valence-corrected chi connectivity index (χ0v) is 14.0. The first kappa shape index (κ1) is 15.4. The van der Waals surface area contributed by atoms with Crippen molar-refractivity contribution in [2.24, 2.45) is 0 Å². The van der Waals surface area contributed by atoms with Crippen LogP contribution in [0.5, 0.6) is 0 Å². The van der Waals surface area contributed by atoms with Crippen LogP contribution in [0.3, 0.4) is 0 Å². The van der Waals surface area contributed by atoms with Crippen molar-refractivity contribution in [3.63, 3.8) is 0 Å². The molecule has 1 aliphatic rings. The lowest BCUT2D eigenvalue weighted by molar-refractivity contribution is 0.202. The van der Waals surface area contributed by atoms with Gasteiger partial charge in [-0.15, -0.1) is 0 Å². The van der Waals surface area contributed by atoms with Crippen LogP contribution in [0.15, 0.2) is 33.6 Å². The molecule has 6 nitrogen and oxygen atoms in total. The minimum atomic E-state index is -0.141. The molecule has 0 radical (unpaired) electrons. The summed E-state index contributed by atoms with van der Waals surface area (Å²) >= 11 is 6.02. The summed E-state index contributed by atoms with van der Waals surface area (Å²) in [6.07, 6.45) is 2.09. The lowest BCUT2D eigenvalue weighted by atomic mass is 10.1. The summed E-state index contributed by atoms with van der Waals surface area (Å²) in [4.78, 5) is 22.0. The zero-order chi connectivity index (χ0) is 16.7. The molecule has 1 N–H and O–H groups in total. The van der Waals surface area contributed by atoms with Gasteiger partial charge in [0.15, 0.2) is 5.76 Å². The number of likely N-dealkylation sites (tertiary alicyclic amines) is 1. The van der Waals surface area contributed by atoms with Gasteiger partial charge in [-0.1, -0.05) is 16.8 Å². The summed E-state index contributed by atoms with van der Waals surface area (Å²) in [5.41, 5.74) is 1.36. The predicted molar refractivity (Wildman–Crippen MR) is 91.0 cm³/mol. The first-order valence-corrected chi connectivity index (χ1v) is 8.34.